The number of aromatic nitrogens is 1. The molecule has 0 saturated heterocycles. The highest BCUT2D eigenvalue weighted by atomic mass is 35.5. The molecule has 1 aromatic carbocycles. The Labute approximate surface area is 142 Å². The lowest BCUT2D eigenvalue weighted by molar-refractivity contribution is -0.119. The van der Waals surface area contributed by atoms with Crippen LogP contribution in [-0.2, 0) is 9.53 Å². The summed E-state index contributed by atoms with van der Waals surface area (Å²) in [5.74, 6) is -1.51. The van der Waals surface area contributed by atoms with Crippen LogP contribution in [0, 0.1) is 12.7 Å². The Hall–Kier alpha value is -2.41. The van der Waals surface area contributed by atoms with Crippen LogP contribution in [0.4, 0.5) is 10.1 Å². The lowest BCUT2D eigenvalue weighted by Crippen LogP contribution is -2.21. The fraction of sp³-hybridized carbons (Fsp3) is 0.312. The standard InChI is InChI=1S/C16H16ClFN2O4/c1-8(2)15-14(9(3)20-24-15)16(22)23-7-13(21)19-10-4-5-12(18)11(17)6-10/h4-6,8H,7H2,1-3H3,(H,19,21). The van der Waals surface area contributed by atoms with E-state index < -0.39 is 24.3 Å². The van der Waals surface area contributed by atoms with Crippen LogP contribution >= 0.6 is 11.6 Å². The zero-order valence-corrected chi connectivity index (χ0v) is 14.1. The molecule has 0 spiro atoms. The van der Waals surface area contributed by atoms with Gasteiger partial charge in [-0.1, -0.05) is 30.6 Å². The van der Waals surface area contributed by atoms with Crippen LogP contribution in [0.5, 0.6) is 0 Å². The molecule has 0 saturated carbocycles. The van der Waals surface area contributed by atoms with Gasteiger partial charge >= 0.3 is 5.97 Å². The average Bonchev–Trinajstić information content (AvgIpc) is 2.90. The summed E-state index contributed by atoms with van der Waals surface area (Å²) in [4.78, 5) is 24.0. The number of anilines is 1. The number of hydrogen-bond acceptors (Lipinski definition) is 5. The van der Waals surface area contributed by atoms with Crippen LogP contribution in [0.25, 0.3) is 0 Å². The molecule has 0 atom stereocenters. The van der Waals surface area contributed by atoms with Gasteiger partial charge in [0.05, 0.1) is 10.7 Å². The fourth-order valence-corrected chi connectivity index (χ4v) is 2.18. The lowest BCUT2D eigenvalue weighted by Gasteiger charge is -2.08. The summed E-state index contributed by atoms with van der Waals surface area (Å²) < 4.78 is 23.2. The molecule has 1 amide bonds. The van der Waals surface area contributed by atoms with Gasteiger partial charge in [0.25, 0.3) is 5.91 Å². The number of esters is 1. The van der Waals surface area contributed by atoms with Crippen LogP contribution in [0.1, 0.15) is 41.6 Å². The highest BCUT2D eigenvalue weighted by Crippen LogP contribution is 2.23. The van der Waals surface area contributed by atoms with E-state index in [1.807, 2.05) is 13.8 Å². The topological polar surface area (TPSA) is 81.4 Å². The minimum absolute atomic E-state index is 0.0519. The molecule has 24 heavy (non-hydrogen) atoms. The first-order valence-corrected chi connectivity index (χ1v) is 7.55. The van der Waals surface area contributed by atoms with Gasteiger partial charge in [-0.2, -0.15) is 0 Å². The molecule has 0 bridgehead atoms. The van der Waals surface area contributed by atoms with E-state index in [2.05, 4.69) is 10.5 Å². The molecule has 0 unspecified atom stereocenters. The normalized spacial score (nSPS) is 10.8. The summed E-state index contributed by atoms with van der Waals surface area (Å²) in [5, 5.41) is 6.08. The summed E-state index contributed by atoms with van der Waals surface area (Å²) >= 11 is 5.63. The number of halogens is 2. The van der Waals surface area contributed by atoms with Gasteiger partial charge in [0.2, 0.25) is 0 Å². The minimum Gasteiger partial charge on any atom is -0.452 e. The maximum absolute atomic E-state index is 13.1. The van der Waals surface area contributed by atoms with Crippen molar-refractivity contribution < 1.29 is 23.2 Å². The first-order chi connectivity index (χ1) is 11.3. The number of ether oxygens (including phenoxy) is 1. The third kappa shape index (κ3) is 4.11. The molecule has 128 valence electrons. The number of carbonyl (C=O) groups is 2. The van der Waals surface area contributed by atoms with Crippen molar-refractivity contribution in [2.45, 2.75) is 26.7 Å². The molecule has 1 N–H and O–H groups in total. The van der Waals surface area contributed by atoms with Crippen LogP contribution < -0.4 is 5.32 Å². The van der Waals surface area contributed by atoms with E-state index in [-0.39, 0.29) is 16.5 Å². The molecule has 0 fully saturated rings. The van der Waals surface area contributed by atoms with Crippen molar-refractivity contribution in [2.75, 3.05) is 11.9 Å². The van der Waals surface area contributed by atoms with Crippen molar-refractivity contribution in [3.63, 3.8) is 0 Å². The van der Waals surface area contributed by atoms with Gasteiger partial charge in [-0.3, -0.25) is 4.79 Å². The van der Waals surface area contributed by atoms with Gasteiger partial charge in [-0.25, -0.2) is 9.18 Å². The summed E-state index contributed by atoms with van der Waals surface area (Å²) in [6, 6.07) is 3.74. The summed E-state index contributed by atoms with van der Waals surface area (Å²) in [5.41, 5.74) is 0.920. The van der Waals surface area contributed by atoms with Crippen LogP contribution in [0.15, 0.2) is 22.7 Å². The molecule has 2 rings (SSSR count). The van der Waals surface area contributed by atoms with Crippen LogP contribution in [-0.4, -0.2) is 23.6 Å². The van der Waals surface area contributed by atoms with Gasteiger partial charge in [-0.05, 0) is 25.1 Å². The third-order valence-electron chi connectivity index (χ3n) is 3.16. The molecule has 1 aromatic heterocycles. The van der Waals surface area contributed by atoms with E-state index in [0.29, 0.717) is 17.1 Å². The zero-order chi connectivity index (χ0) is 17.9. The Kier molecular flexibility index (Phi) is 5.56. The maximum atomic E-state index is 13.1. The third-order valence-corrected chi connectivity index (χ3v) is 3.44. The minimum atomic E-state index is -0.690. The molecule has 0 radical (unpaired) electrons. The number of aryl methyl sites for hydroxylation is 1. The Bertz CT molecular complexity index is 773. The molecule has 6 nitrogen and oxygen atoms in total. The van der Waals surface area contributed by atoms with Crippen molar-refractivity contribution in [3.8, 4) is 0 Å². The van der Waals surface area contributed by atoms with Gasteiger partial charge in [-0.15, -0.1) is 0 Å². The second kappa shape index (κ2) is 7.44. The van der Waals surface area contributed by atoms with Crippen molar-refractivity contribution in [1.29, 1.82) is 0 Å². The molecule has 1 heterocycles. The number of carbonyl (C=O) groups excluding carboxylic acids is 2. The monoisotopic (exact) mass is 354 g/mol. The number of nitrogens with one attached hydrogen (secondary N) is 1. The van der Waals surface area contributed by atoms with Crippen LogP contribution in [0.2, 0.25) is 5.02 Å². The second-order valence-electron chi connectivity index (χ2n) is 5.42. The first-order valence-electron chi connectivity index (χ1n) is 7.17. The van der Waals surface area contributed by atoms with Crippen molar-refractivity contribution in [3.05, 3.63) is 46.1 Å². The van der Waals surface area contributed by atoms with Gasteiger partial charge in [0, 0.05) is 11.6 Å². The summed E-state index contributed by atoms with van der Waals surface area (Å²) in [7, 11) is 0. The quantitative estimate of drug-likeness (QED) is 0.828. The molecule has 8 heteroatoms. The summed E-state index contributed by atoms with van der Waals surface area (Å²) in [6.07, 6.45) is 0. The van der Waals surface area contributed by atoms with E-state index in [1.165, 1.54) is 12.1 Å². The predicted molar refractivity (Wildman–Crippen MR) is 85.7 cm³/mol. The predicted octanol–water partition coefficient (Wildman–Crippen LogP) is 3.69. The van der Waals surface area contributed by atoms with Gasteiger partial charge in [0.1, 0.15) is 11.4 Å². The highest BCUT2D eigenvalue weighted by molar-refractivity contribution is 6.31. The van der Waals surface area contributed by atoms with E-state index in [4.69, 9.17) is 20.9 Å². The smallest absolute Gasteiger partial charge is 0.344 e. The van der Waals surface area contributed by atoms with E-state index in [9.17, 15) is 14.0 Å². The molecule has 0 aliphatic heterocycles. The van der Waals surface area contributed by atoms with E-state index >= 15 is 0 Å². The number of hydrogen-bond donors (Lipinski definition) is 1. The maximum Gasteiger partial charge on any atom is 0.344 e. The van der Waals surface area contributed by atoms with Gasteiger partial charge < -0.3 is 14.6 Å². The molecule has 0 aliphatic rings. The fourth-order valence-electron chi connectivity index (χ4n) is 2.00. The summed E-state index contributed by atoms with van der Waals surface area (Å²) in [6.45, 7) is 4.81. The number of rotatable bonds is 5. The molecular formula is C16H16ClFN2O4. The number of amides is 1. The largest absolute Gasteiger partial charge is 0.452 e. The molecule has 0 aliphatic carbocycles. The first kappa shape index (κ1) is 17.9. The van der Waals surface area contributed by atoms with E-state index in [0.717, 1.165) is 6.07 Å². The highest BCUT2D eigenvalue weighted by Gasteiger charge is 2.24. The SMILES string of the molecule is Cc1noc(C(C)C)c1C(=O)OCC(=O)Nc1ccc(F)c(Cl)c1. The number of nitrogens with zero attached hydrogens (tertiary/aromatic N) is 1. The Morgan fingerprint density at radius 3 is 2.75 bits per heavy atom. The zero-order valence-electron chi connectivity index (χ0n) is 13.4. The van der Waals surface area contributed by atoms with Crippen molar-refractivity contribution in [2.24, 2.45) is 0 Å². The molecular weight excluding hydrogens is 339 g/mol. The Morgan fingerprint density at radius 2 is 2.12 bits per heavy atom. The Balaban J connectivity index is 1.97. The second-order valence-corrected chi connectivity index (χ2v) is 5.82. The van der Waals surface area contributed by atoms with Gasteiger partial charge in [0.15, 0.2) is 12.4 Å². The van der Waals surface area contributed by atoms with Crippen LogP contribution in [0.3, 0.4) is 0 Å². The Morgan fingerprint density at radius 1 is 1.42 bits per heavy atom. The van der Waals surface area contributed by atoms with Crippen molar-refractivity contribution >= 4 is 29.2 Å². The van der Waals surface area contributed by atoms with Crippen molar-refractivity contribution in [1.82, 2.24) is 5.16 Å². The lowest BCUT2D eigenvalue weighted by atomic mass is 10.1. The molecule has 2 aromatic rings. The average molecular weight is 355 g/mol. The van der Waals surface area contributed by atoms with E-state index in [1.54, 1.807) is 6.92 Å². The number of benzene rings is 1.